The lowest BCUT2D eigenvalue weighted by molar-refractivity contribution is -0.926. The summed E-state index contributed by atoms with van der Waals surface area (Å²) in [5.41, 5.74) is -4.30. The topological polar surface area (TPSA) is 26.3 Å². The van der Waals surface area contributed by atoms with Gasteiger partial charge in [0.2, 0.25) is 0 Å². The predicted octanol–water partition coefficient (Wildman–Crippen LogP) is 4.55. The van der Waals surface area contributed by atoms with E-state index in [0.29, 0.717) is 41.6 Å². The minimum absolute atomic E-state index is 0.0806. The number of rotatable bonds is 4. The van der Waals surface area contributed by atoms with Crippen LogP contribution >= 0.6 is 0 Å². The van der Waals surface area contributed by atoms with Crippen molar-refractivity contribution in [1.82, 2.24) is 0 Å². The van der Waals surface area contributed by atoms with Crippen LogP contribution in [0.2, 0.25) is 0 Å². The van der Waals surface area contributed by atoms with E-state index < -0.39 is 52.1 Å². The van der Waals surface area contributed by atoms with E-state index in [1.165, 1.54) is 0 Å². The van der Waals surface area contributed by atoms with Crippen molar-refractivity contribution < 1.29 is 36.0 Å². The number of benzene rings is 2. The van der Waals surface area contributed by atoms with Crippen molar-refractivity contribution in [3.63, 3.8) is 0 Å². The van der Waals surface area contributed by atoms with Gasteiger partial charge in [-0.25, -0.2) is 26.7 Å². The molecule has 0 saturated carbocycles. The molecule has 8 heteroatoms. The molecule has 0 spiro atoms. The molecule has 2 aliphatic rings. The fraction of sp³-hybridized carbons (Fsp3) is 0.348. The minimum atomic E-state index is -3.16. The number of ether oxygens (including phenoxy) is 1. The van der Waals surface area contributed by atoms with Crippen LogP contribution in [0, 0.1) is 23.3 Å². The molecule has 2 unspecified atom stereocenters. The zero-order valence-electron chi connectivity index (χ0n) is 16.9. The molecule has 0 N–H and O–H groups in total. The zero-order valence-corrected chi connectivity index (χ0v) is 16.9. The predicted molar refractivity (Wildman–Crippen MR) is 103 cm³/mol. The molecule has 1 fully saturated rings. The lowest BCUT2D eigenvalue weighted by Gasteiger charge is -2.44. The Labute approximate surface area is 176 Å². The Bertz CT molecular complexity index is 998. The van der Waals surface area contributed by atoms with Gasteiger partial charge in [0.25, 0.3) is 5.67 Å². The van der Waals surface area contributed by atoms with E-state index >= 15 is 4.39 Å². The minimum Gasteiger partial charge on any atom is -0.459 e. The van der Waals surface area contributed by atoms with Crippen molar-refractivity contribution in [3.05, 3.63) is 82.9 Å². The highest BCUT2D eigenvalue weighted by Gasteiger charge is 2.50. The number of esters is 1. The molecule has 0 aliphatic carbocycles. The van der Waals surface area contributed by atoms with Gasteiger partial charge in [-0.15, -0.1) is 0 Å². The number of alkyl halides is 1. The summed E-state index contributed by atoms with van der Waals surface area (Å²) in [6, 6.07) is 4.29. The molecule has 3 nitrogen and oxygen atoms in total. The van der Waals surface area contributed by atoms with Crippen molar-refractivity contribution in [3.8, 4) is 0 Å². The van der Waals surface area contributed by atoms with E-state index in [2.05, 4.69) is 14.1 Å². The van der Waals surface area contributed by atoms with Crippen LogP contribution in [0.25, 0.3) is 0 Å². The first-order chi connectivity index (χ1) is 14.5. The van der Waals surface area contributed by atoms with Crippen LogP contribution in [-0.2, 0) is 15.2 Å². The number of hydrogen-bond acceptors (Lipinski definition) is 2. The molecular formula is C23H21F5NO2+. The van der Waals surface area contributed by atoms with E-state index in [1.54, 1.807) is 0 Å². The number of fused-ring (bicyclic) bond motifs is 2. The summed E-state index contributed by atoms with van der Waals surface area (Å²) in [5.74, 6) is -6.62. The van der Waals surface area contributed by atoms with E-state index in [9.17, 15) is 22.4 Å². The number of piperidine rings is 1. The molecule has 164 valence electrons. The molecule has 31 heavy (non-hydrogen) atoms. The lowest BCUT2D eigenvalue weighted by atomic mass is 9.87. The van der Waals surface area contributed by atoms with Crippen molar-refractivity contribution in [1.29, 1.82) is 0 Å². The summed E-state index contributed by atoms with van der Waals surface area (Å²) in [4.78, 5) is 13.1. The number of quaternary nitrogens is 1. The van der Waals surface area contributed by atoms with Crippen molar-refractivity contribution in [2.24, 2.45) is 0 Å². The first kappa shape index (κ1) is 21.5. The van der Waals surface area contributed by atoms with Gasteiger partial charge in [0, 0.05) is 24.0 Å². The highest BCUT2D eigenvalue weighted by molar-refractivity contribution is 5.85. The number of carbonyl (C=O) groups is 1. The molecule has 2 aromatic rings. The molecular weight excluding hydrogens is 417 g/mol. The van der Waals surface area contributed by atoms with Gasteiger partial charge in [0.1, 0.15) is 18.2 Å². The maximum absolute atomic E-state index is 16.3. The van der Waals surface area contributed by atoms with Gasteiger partial charge in [-0.1, -0.05) is 12.1 Å². The highest BCUT2D eigenvalue weighted by atomic mass is 19.2. The largest absolute Gasteiger partial charge is 0.459 e. The number of carbonyl (C=O) groups excluding carboxylic acids is 1. The third kappa shape index (κ3) is 3.52. The van der Waals surface area contributed by atoms with E-state index in [-0.39, 0.29) is 12.1 Å². The average molecular weight is 438 g/mol. The van der Waals surface area contributed by atoms with Crippen molar-refractivity contribution in [2.75, 3.05) is 14.1 Å². The Morgan fingerprint density at radius 2 is 1.32 bits per heavy atom. The molecule has 0 amide bonds. The first-order valence-corrected chi connectivity index (χ1v) is 9.86. The van der Waals surface area contributed by atoms with Gasteiger partial charge >= 0.3 is 5.97 Å². The smallest absolute Gasteiger partial charge is 0.353 e. The number of halogens is 5. The van der Waals surface area contributed by atoms with Gasteiger partial charge in [-0.3, -0.25) is 0 Å². The molecule has 1 saturated heterocycles. The summed E-state index contributed by atoms with van der Waals surface area (Å²) in [6.45, 7) is 0. The molecule has 2 bridgehead atoms. The number of likely N-dealkylation sites (N-methyl/N-ethyl adjacent to an activating group) is 1. The lowest BCUT2D eigenvalue weighted by Crippen LogP contribution is -2.57. The number of hydrogen-bond donors (Lipinski definition) is 0. The van der Waals surface area contributed by atoms with Gasteiger partial charge in [0.15, 0.2) is 23.3 Å². The second-order valence-corrected chi connectivity index (χ2v) is 8.56. The second-order valence-electron chi connectivity index (χ2n) is 8.56. The summed E-state index contributed by atoms with van der Waals surface area (Å²) in [6.07, 6.45) is 4.36. The molecule has 2 aliphatic heterocycles. The third-order valence-corrected chi connectivity index (χ3v) is 6.46. The maximum Gasteiger partial charge on any atom is 0.353 e. The van der Waals surface area contributed by atoms with Crippen LogP contribution in [0.15, 0.2) is 48.6 Å². The summed E-state index contributed by atoms with van der Waals surface area (Å²) in [7, 11) is 4.10. The summed E-state index contributed by atoms with van der Waals surface area (Å²) in [5, 5.41) is 0. The number of nitrogens with zero attached hydrogens (tertiary/aromatic N) is 1. The Balaban J connectivity index is 1.70. The molecule has 2 aromatic carbocycles. The first-order valence-electron chi connectivity index (χ1n) is 9.86. The van der Waals surface area contributed by atoms with Gasteiger partial charge in [-0.2, -0.15) is 0 Å². The molecule has 0 radical (unpaired) electrons. The van der Waals surface area contributed by atoms with Crippen LogP contribution in [0.1, 0.15) is 24.0 Å². The second kappa shape index (κ2) is 7.44. The van der Waals surface area contributed by atoms with E-state index in [1.807, 2.05) is 12.2 Å². The Morgan fingerprint density at radius 3 is 1.74 bits per heavy atom. The van der Waals surface area contributed by atoms with Gasteiger partial charge in [0.05, 0.1) is 14.1 Å². The molecule has 0 aromatic heterocycles. The normalized spacial score (nSPS) is 24.3. The highest BCUT2D eigenvalue weighted by Crippen LogP contribution is 2.40. The standard InChI is InChI=1S/C23H21F5NO2/c1-29(2)15-5-6-16(29)12-17(11-15)31-22(30)23(28,13-3-7-18(24)20(26)9-13)14-4-8-19(25)21(27)10-14/h3-10,15-17H,11-12H2,1-2H3/q+1. The summed E-state index contributed by atoms with van der Waals surface area (Å²) < 4.78 is 77.0. The van der Waals surface area contributed by atoms with Crippen LogP contribution < -0.4 is 0 Å². The summed E-state index contributed by atoms with van der Waals surface area (Å²) >= 11 is 0. The van der Waals surface area contributed by atoms with Gasteiger partial charge < -0.3 is 9.22 Å². The Morgan fingerprint density at radius 1 is 0.871 bits per heavy atom. The van der Waals surface area contributed by atoms with E-state index in [0.717, 1.165) is 12.1 Å². The van der Waals surface area contributed by atoms with Crippen LogP contribution in [0.5, 0.6) is 0 Å². The fourth-order valence-corrected chi connectivity index (χ4v) is 4.43. The maximum atomic E-state index is 16.3. The fourth-order valence-electron chi connectivity index (χ4n) is 4.43. The SMILES string of the molecule is C[N+]1(C)C2C=CC1CC(OC(=O)C(F)(c1ccc(F)c(F)c1)c1ccc(F)c(F)c1)C2. The molecule has 4 rings (SSSR count). The van der Waals surface area contributed by atoms with Crippen LogP contribution in [0.3, 0.4) is 0 Å². The monoisotopic (exact) mass is 438 g/mol. The third-order valence-electron chi connectivity index (χ3n) is 6.46. The Hall–Kier alpha value is -2.74. The van der Waals surface area contributed by atoms with Crippen molar-refractivity contribution >= 4 is 5.97 Å². The molecule has 2 heterocycles. The molecule has 2 atom stereocenters. The van der Waals surface area contributed by atoms with E-state index in [4.69, 9.17) is 4.74 Å². The Kier molecular flexibility index (Phi) is 5.16. The van der Waals surface area contributed by atoms with Crippen molar-refractivity contribution in [2.45, 2.75) is 36.7 Å². The quantitative estimate of drug-likeness (QED) is 0.303. The van der Waals surface area contributed by atoms with Crippen LogP contribution in [-0.4, -0.2) is 42.7 Å². The zero-order chi connectivity index (χ0) is 22.6. The average Bonchev–Trinajstić information content (AvgIpc) is 2.88. The van der Waals surface area contributed by atoms with Gasteiger partial charge in [-0.05, 0) is 36.4 Å². The van der Waals surface area contributed by atoms with Crippen LogP contribution in [0.4, 0.5) is 22.0 Å².